The van der Waals surface area contributed by atoms with Gasteiger partial charge in [0.2, 0.25) is 0 Å². The molecule has 7 nitrogen and oxygen atoms in total. The van der Waals surface area contributed by atoms with Gasteiger partial charge in [0.1, 0.15) is 0 Å². The van der Waals surface area contributed by atoms with E-state index < -0.39 is 11.9 Å². The average molecular weight is 209 g/mol. The molecule has 1 aromatic rings. The highest BCUT2D eigenvalue weighted by Gasteiger charge is 2.03. The normalized spacial score (nSPS) is 9.20. The first-order chi connectivity index (χ1) is 7.17. The number of carbonyl (C=O) groups is 2. The Labute approximate surface area is 85.8 Å². The Bertz CT molecular complexity index is 362. The number of hydrogen-bond donors (Lipinski definition) is 5. The van der Waals surface area contributed by atoms with E-state index in [9.17, 15) is 9.59 Å². The van der Waals surface area contributed by atoms with Crippen molar-refractivity contribution in [1.82, 2.24) is 10.9 Å². The van der Waals surface area contributed by atoms with Crippen molar-refractivity contribution in [1.29, 1.82) is 0 Å². The third-order valence-electron chi connectivity index (χ3n) is 1.67. The average Bonchev–Trinajstić information content (AvgIpc) is 2.29. The van der Waals surface area contributed by atoms with E-state index in [-0.39, 0.29) is 0 Å². The number of nitrogen functional groups attached to an aromatic ring is 1. The largest absolute Gasteiger partial charge is 0.333 e. The van der Waals surface area contributed by atoms with E-state index in [0.29, 0.717) is 11.3 Å². The minimum absolute atomic E-state index is 0.398. The summed E-state index contributed by atoms with van der Waals surface area (Å²) in [6.45, 7) is 0. The number of carbonyl (C=O) groups excluding carboxylic acids is 2. The van der Waals surface area contributed by atoms with E-state index in [0.717, 1.165) is 0 Å². The zero-order valence-electron chi connectivity index (χ0n) is 7.78. The van der Waals surface area contributed by atoms with Crippen LogP contribution in [0.25, 0.3) is 0 Å². The molecular formula is C8H11N5O2. The van der Waals surface area contributed by atoms with Gasteiger partial charge in [0.15, 0.2) is 0 Å². The lowest BCUT2D eigenvalue weighted by Crippen LogP contribution is -2.34. The van der Waals surface area contributed by atoms with E-state index in [1.54, 1.807) is 12.1 Å². The highest BCUT2D eigenvalue weighted by atomic mass is 16.2. The van der Waals surface area contributed by atoms with Crippen molar-refractivity contribution in [2.75, 3.05) is 5.32 Å². The van der Waals surface area contributed by atoms with E-state index in [4.69, 9.17) is 11.7 Å². The van der Waals surface area contributed by atoms with Crippen LogP contribution in [0.1, 0.15) is 10.4 Å². The molecule has 0 saturated carbocycles. The Hall–Kier alpha value is -2.12. The van der Waals surface area contributed by atoms with Gasteiger partial charge < -0.3 is 5.32 Å². The highest BCUT2D eigenvalue weighted by molar-refractivity contribution is 5.95. The molecule has 0 saturated heterocycles. The van der Waals surface area contributed by atoms with Crippen molar-refractivity contribution >= 4 is 17.6 Å². The van der Waals surface area contributed by atoms with Crippen molar-refractivity contribution in [2.45, 2.75) is 0 Å². The molecule has 3 amide bonds. The number of nitrogens with two attached hydrogens (primary N) is 2. The molecule has 0 aliphatic carbocycles. The summed E-state index contributed by atoms with van der Waals surface area (Å²) in [5, 5.41) is 2.44. The minimum Gasteiger partial charge on any atom is -0.307 e. The summed E-state index contributed by atoms with van der Waals surface area (Å²) in [7, 11) is 0. The quantitative estimate of drug-likeness (QED) is 0.251. The highest BCUT2D eigenvalue weighted by Crippen LogP contribution is 2.08. The van der Waals surface area contributed by atoms with Crippen LogP contribution in [0.15, 0.2) is 24.3 Å². The van der Waals surface area contributed by atoms with Gasteiger partial charge in [0.25, 0.3) is 5.91 Å². The molecule has 1 rings (SSSR count). The van der Waals surface area contributed by atoms with Crippen LogP contribution in [0.5, 0.6) is 0 Å². The molecule has 1 aromatic carbocycles. The molecule has 0 aliphatic rings. The van der Waals surface area contributed by atoms with Crippen LogP contribution in [0.2, 0.25) is 0 Å². The summed E-state index contributed by atoms with van der Waals surface area (Å²) >= 11 is 0. The molecule has 0 atom stereocenters. The van der Waals surface area contributed by atoms with Crippen LogP contribution >= 0.6 is 0 Å². The minimum atomic E-state index is -0.536. The fourth-order valence-corrected chi connectivity index (χ4v) is 0.955. The zero-order valence-corrected chi connectivity index (χ0v) is 7.78. The van der Waals surface area contributed by atoms with Gasteiger partial charge in [0, 0.05) is 11.3 Å². The van der Waals surface area contributed by atoms with Gasteiger partial charge in [-0.25, -0.2) is 16.5 Å². The third kappa shape index (κ3) is 2.93. The van der Waals surface area contributed by atoms with Crippen molar-refractivity contribution in [3.63, 3.8) is 0 Å². The number of hydrogen-bond acceptors (Lipinski definition) is 4. The maximum atomic E-state index is 11.0. The molecule has 7 N–H and O–H groups in total. The predicted octanol–water partition coefficient (Wildman–Crippen LogP) is -0.715. The van der Waals surface area contributed by atoms with Crippen LogP contribution in [0.4, 0.5) is 10.5 Å². The topological polar surface area (TPSA) is 122 Å². The van der Waals surface area contributed by atoms with E-state index >= 15 is 0 Å². The first-order valence-electron chi connectivity index (χ1n) is 4.06. The Morgan fingerprint density at radius 3 is 2.07 bits per heavy atom. The molecule has 15 heavy (non-hydrogen) atoms. The molecule has 0 spiro atoms. The fourth-order valence-electron chi connectivity index (χ4n) is 0.955. The van der Waals surface area contributed by atoms with Crippen LogP contribution in [-0.2, 0) is 0 Å². The van der Waals surface area contributed by atoms with E-state index in [1.165, 1.54) is 12.1 Å². The Morgan fingerprint density at radius 2 is 1.60 bits per heavy atom. The van der Waals surface area contributed by atoms with Gasteiger partial charge in [-0.1, -0.05) is 0 Å². The summed E-state index contributed by atoms with van der Waals surface area (Å²) in [5.74, 6) is 9.43. The van der Waals surface area contributed by atoms with Crippen LogP contribution in [0, 0.1) is 0 Å². The fraction of sp³-hybridized carbons (Fsp3) is 0. The Kier molecular flexibility index (Phi) is 3.61. The summed E-state index contributed by atoms with van der Waals surface area (Å²) in [6.07, 6.45) is 0. The first kappa shape index (κ1) is 11.0. The molecular weight excluding hydrogens is 198 g/mol. The third-order valence-corrected chi connectivity index (χ3v) is 1.67. The Balaban J connectivity index is 2.72. The van der Waals surface area contributed by atoms with Crippen LogP contribution < -0.4 is 27.9 Å². The maximum Gasteiger partial charge on any atom is 0.333 e. The second-order valence-corrected chi connectivity index (χ2v) is 2.65. The molecule has 0 heterocycles. The molecule has 7 heteroatoms. The SMILES string of the molecule is NNC(=O)Nc1ccc(C(=O)NN)cc1. The zero-order chi connectivity index (χ0) is 11.3. The molecule has 0 aliphatic heterocycles. The lowest BCUT2D eigenvalue weighted by molar-refractivity contribution is 0.0953. The molecule has 0 fully saturated rings. The molecule has 80 valence electrons. The van der Waals surface area contributed by atoms with Crippen molar-refractivity contribution < 1.29 is 9.59 Å². The van der Waals surface area contributed by atoms with Crippen LogP contribution in [-0.4, -0.2) is 11.9 Å². The van der Waals surface area contributed by atoms with Crippen molar-refractivity contribution in [3.8, 4) is 0 Å². The van der Waals surface area contributed by atoms with Gasteiger partial charge in [-0.05, 0) is 24.3 Å². The van der Waals surface area contributed by atoms with Gasteiger partial charge >= 0.3 is 6.03 Å². The monoisotopic (exact) mass is 209 g/mol. The number of nitrogens with one attached hydrogen (secondary N) is 3. The van der Waals surface area contributed by atoms with Gasteiger partial charge in [0.05, 0.1) is 0 Å². The van der Waals surface area contributed by atoms with Crippen LogP contribution in [0.3, 0.4) is 0 Å². The smallest absolute Gasteiger partial charge is 0.307 e. The lowest BCUT2D eigenvalue weighted by Gasteiger charge is -2.04. The molecule has 0 bridgehead atoms. The second-order valence-electron chi connectivity index (χ2n) is 2.65. The number of anilines is 1. The Morgan fingerprint density at radius 1 is 1.00 bits per heavy atom. The summed E-state index contributed by atoms with van der Waals surface area (Å²) < 4.78 is 0. The number of urea groups is 1. The van der Waals surface area contributed by atoms with E-state index in [1.807, 2.05) is 10.9 Å². The van der Waals surface area contributed by atoms with Gasteiger partial charge in [-0.3, -0.25) is 15.6 Å². The molecule has 0 unspecified atom stereocenters. The van der Waals surface area contributed by atoms with Gasteiger partial charge in [-0.2, -0.15) is 0 Å². The van der Waals surface area contributed by atoms with Crippen molar-refractivity contribution in [2.24, 2.45) is 11.7 Å². The molecule has 0 aromatic heterocycles. The summed E-state index contributed by atoms with van der Waals surface area (Å²) in [6, 6.07) is 5.62. The summed E-state index contributed by atoms with van der Waals surface area (Å²) in [4.78, 5) is 21.9. The van der Waals surface area contributed by atoms with E-state index in [2.05, 4.69) is 5.32 Å². The van der Waals surface area contributed by atoms with Gasteiger partial charge in [-0.15, -0.1) is 0 Å². The predicted molar refractivity (Wildman–Crippen MR) is 54.4 cm³/mol. The second kappa shape index (κ2) is 4.94. The number of amides is 3. The number of benzene rings is 1. The number of hydrazine groups is 2. The first-order valence-corrected chi connectivity index (χ1v) is 4.06. The van der Waals surface area contributed by atoms with Crippen molar-refractivity contribution in [3.05, 3.63) is 29.8 Å². The summed E-state index contributed by atoms with van der Waals surface area (Å²) in [5.41, 5.74) is 4.83. The number of rotatable bonds is 2. The molecule has 0 radical (unpaired) electrons. The standard InChI is InChI=1S/C8H11N5O2/c9-12-7(14)5-1-3-6(4-2-5)11-8(15)13-10/h1-4H,9-10H2,(H,12,14)(H2,11,13,15). The lowest BCUT2D eigenvalue weighted by atomic mass is 10.2. The maximum absolute atomic E-state index is 11.0.